The van der Waals surface area contributed by atoms with Crippen LogP contribution in [0.3, 0.4) is 0 Å². The zero-order valence-corrected chi connectivity index (χ0v) is 23.1. The molecule has 1 aromatic heterocycles. The van der Waals surface area contributed by atoms with Crippen molar-refractivity contribution >= 4 is 41.1 Å². The van der Waals surface area contributed by atoms with Gasteiger partial charge in [-0.2, -0.15) is 0 Å². The SMILES string of the molecule is CCOC(=O)C1=C(C)N(c2ccc(C)c(C)c2)C(=O)/C1=C/c1ccc(CNC(=O)C(=O)Nc2ccc(C)cc2)o1. The van der Waals surface area contributed by atoms with Crippen LogP contribution in [0.15, 0.2) is 75.9 Å². The fourth-order valence-corrected chi connectivity index (χ4v) is 4.24. The number of nitrogens with zero attached hydrogens (tertiary/aromatic N) is 1. The van der Waals surface area contributed by atoms with Gasteiger partial charge in [0.25, 0.3) is 5.91 Å². The summed E-state index contributed by atoms with van der Waals surface area (Å²) in [5.74, 6) is -1.96. The molecule has 0 bridgehead atoms. The van der Waals surface area contributed by atoms with E-state index in [4.69, 9.17) is 9.15 Å². The Balaban J connectivity index is 1.51. The number of nitrogens with one attached hydrogen (secondary N) is 2. The lowest BCUT2D eigenvalue weighted by Gasteiger charge is -2.19. The molecular weight excluding hydrogens is 510 g/mol. The Morgan fingerprint density at radius 1 is 0.925 bits per heavy atom. The lowest BCUT2D eigenvalue weighted by atomic mass is 10.1. The second-order valence-electron chi connectivity index (χ2n) is 9.45. The molecule has 0 aliphatic carbocycles. The largest absolute Gasteiger partial charge is 0.462 e. The normalized spacial score (nSPS) is 14.1. The molecule has 3 aromatic rings. The van der Waals surface area contributed by atoms with E-state index in [1.807, 2.05) is 51.1 Å². The Morgan fingerprint density at radius 2 is 1.65 bits per heavy atom. The maximum absolute atomic E-state index is 13.6. The van der Waals surface area contributed by atoms with Crippen LogP contribution in [0.25, 0.3) is 6.08 Å². The summed E-state index contributed by atoms with van der Waals surface area (Å²) in [6.07, 6.45) is 1.48. The van der Waals surface area contributed by atoms with Crippen molar-refractivity contribution in [3.63, 3.8) is 0 Å². The van der Waals surface area contributed by atoms with E-state index in [1.165, 1.54) is 11.0 Å². The molecule has 9 nitrogen and oxygen atoms in total. The van der Waals surface area contributed by atoms with Crippen molar-refractivity contribution in [3.8, 4) is 0 Å². The lowest BCUT2D eigenvalue weighted by Crippen LogP contribution is -2.34. The number of ether oxygens (including phenoxy) is 1. The first-order valence-corrected chi connectivity index (χ1v) is 12.9. The third-order valence-electron chi connectivity index (χ3n) is 6.54. The number of carbonyl (C=O) groups is 4. The number of amides is 3. The Bertz CT molecular complexity index is 1550. The highest BCUT2D eigenvalue weighted by Gasteiger charge is 2.38. The minimum atomic E-state index is -0.824. The number of anilines is 2. The van der Waals surface area contributed by atoms with Gasteiger partial charge in [0.05, 0.1) is 24.3 Å². The Labute approximate surface area is 232 Å². The molecule has 0 unspecified atom stereocenters. The van der Waals surface area contributed by atoms with Crippen LogP contribution >= 0.6 is 0 Å². The van der Waals surface area contributed by atoms with Crippen LogP contribution in [-0.4, -0.2) is 30.3 Å². The number of aryl methyl sites for hydroxylation is 3. The van der Waals surface area contributed by atoms with E-state index in [2.05, 4.69) is 10.6 Å². The second kappa shape index (κ2) is 11.9. The third kappa shape index (κ3) is 6.04. The minimum Gasteiger partial charge on any atom is -0.462 e. The van der Waals surface area contributed by atoms with Crippen molar-refractivity contribution in [1.82, 2.24) is 5.32 Å². The predicted molar refractivity (Wildman–Crippen MR) is 151 cm³/mol. The number of allylic oxidation sites excluding steroid dienone is 1. The van der Waals surface area contributed by atoms with Crippen LogP contribution in [0.4, 0.5) is 11.4 Å². The molecule has 206 valence electrons. The standard InChI is InChI=1S/C31H31N3O6/c1-6-39-31(38)27-21(5)34(23-12-9-19(3)20(4)15-23)30(37)26(27)16-24-13-14-25(40-24)17-32-28(35)29(36)33-22-10-7-18(2)8-11-22/h7-16H,6,17H2,1-5H3,(H,32,35)(H,33,36)/b26-16+. The van der Waals surface area contributed by atoms with Gasteiger partial charge in [0.1, 0.15) is 11.5 Å². The third-order valence-corrected chi connectivity index (χ3v) is 6.54. The van der Waals surface area contributed by atoms with Crippen molar-refractivity contribution in [2.45, 2.75) is 41.2 Å². The minimum absolute atomic E-state index is 0.0500. The average molecular weight is 542 g/mol. The summed E-state index contributed by atoms with van der Waals surface area (Å²) in [5, 5.41) is 5.05. The molecule has 0 atom stereocenters. The summed E-state index contributed by atoms with van der Waals surface area (Å²) in [6, 6.07) is 15.9. The second-order valence-corrected chi connectivity index (χ2v) is 9.45. The van der Waals surface area contributed by atoms with Gasteiger partial charge in [-0.05, 0) is 88.2 Å². The van der Waals surface area contributed by atoms with Gasteiger partial charge in [-0.25, -0.2) is 4.79 Å². The number of benzene rings is 2. The van der Waals surface area contributed by atoms with Gasteiger partial charge in [-0.3, -0.25) is 19.3 Å². The summed E-state index contributed by atoms with van der Waals surface area (Å²) >= 11 is 0. The highest BCUT2D eigenvalue weighted by Crippen LogP contribution is 2.36. The number of hydrogen-bond donors (Lipinski definition) is 2. The van der Waals surface area contributed by atoms with E-state index >= 15 is 0 Å². The van der Waals surface area contributed by atoms with E-state index in [1.54, 1.807) is 38.1 Å². The van der Waals surface area contributed by atoms with Gasteiger partial charge in [-0.15, -0.1) is 0 Å². The van der Waals surface area contributed by atoms with E-state index in [-0.39, 0.29) is 30.2 Å². The maximum atomic E-state index is 13.6. The number of hydrogen-bond acceptors (Lipinski definition) is 6. The molecule has 40 heavy (non-hydrogen) atoms. The summed E-state index contributed by atoms with van der Waals surface area (Å²) in [7, 11) is 0. The fraction of sp³-hybridized carbons (Fsp3) is 0.226. The van der Waals surface area contributed by atoms with Gasteiger partial charge in [0.15, 0.2) is 0 Å². The average Bonchev–Trinajstić information content (AvgIpc) is 3.47. The molecule has 0 saturated heterocycles. The molecule has 1 aliphatic heterocycles. The first-order chi connectivity index (χ1) is 19.1. The quantitative estimate of drug-likeness (QED) is 0.254. The summed E-state index contributed by atoms with van der Waals surface area (Å²) < 4.78 is 11.0. The molecule has 3 amide bonds. The van der Waals surface area contributed by atoms with Crippen LogP contribution in [0.5, 0.6) is 0 Å². The molecule has 4 rings (SSSR count). The first kappa shape index (κ1) is 28.1. The highest BCUT2D eigenvalue weighted by atomic mass is 16.5. The van der Waals surface area contributed by atoms with Crippen molar-refractivity contribution in [2.75, 3.05) is 16.8 Å². The summed E-state index contributed by atoms with van der Waals surface area (Å²) in [4.78, 5) is 52.4. The maximum Gasteiger partial charge on any atom is 0.340 e. The number of furan rings is 1. The van der Waals surface area contributed by atoms with E-state index in [0.29, 0.717) is 28.6 Å². The van der Waals surface area contributed by atoms with Gasteiger partial charge in [0.2, 0.25) is 0 Å². The number of rotatable bonds is 7. The molecule has 0 saturated carbocycles. The highest BCUT2D eigenvalue weighted by molar-refractivity contribution is 6.39. The molecule has 2 N–H and O–H groups in total. The summed E-state index contributed by atoms with van der Waals surface area (Å²) in [6.45, 7) is 9.36. The molecule has 2 aromatic carbocycles. The molecule has 1 aliphatic rings. The van der Waals surface area contributed by atoms with Crippen LogP contribution in [0, 0.1) is 20.8 Å². The molecule has 0 spiro atoms. The number of carbonyl (C=O) groups excluding carboxylic acids is 4. The van der Waals surface area contributed by atoms with Crippen LogP contribution < -0.4 is 15.5 Å². The monoisotopic (exact) mass is 541 g/mol. The molecule has 0 radical (unpaired) electrons. The Morgan fingerprint density at radius 3 is 2.33 bits per heavy atom. The van der Waals surface area contributed by atoms with Crippen LogP contribution in [-0.2, 0) is 30.5 Å². The Kier molecular flexibility index (Phi) is 8.33. The van der Waals surface area contributed by atoms with Crippen molar-refractivity contribution in [1.29, 1.82) is 0 Å². The van der Waals surface area contributed by atoms with E-state index in [9.17, 15) is 19.2 Å². The topological polar surface area (TPSA) is 118 Å². The van der Waals surface area contributed by atoms with Crippen molar-refractivity contribution in [2.24, 2.45) is 0 Å². The first-order valence-electron chi connectivity index (χ1n) is 12.9. The van der Waals surface area contributed by atoms with E-state index < -0.39 is 17.8 Å². The predicted octanol–water partition coefficient (Wildman–Crippen LogP) is 4.73. The molecular formula is C31H31N3O6. The smallest absolute Gasteiger partial charge is 0.340 e. The van der Waals surface area contributed by atoms with Gasteiger partial charge >= 0.3 is 17.8 Å². The van der Waals surface area contributed by atoms with Crippen molar-refractivity contribution < 1.29 is 28.3 Å². The summed E-state index contributed by atoms with van der Waals surface area (Å²) in [5.41, 5.74) is 5.03. The molecule has 2 heterocycles. The fourth-order valence-electron chi connectivity index (χ4n) is 4.24. The van der Waals surface area contributed by atoms with Gasteiger partial charge < -0.3 is 19.8 Å². The molecule has 0 fully saturated rings. The van der Waals surface area contributed by atoms with Gasteiger partial charge in [0, 0.05) is 17.1 Å². The Hall–Kier alpha value is -4.92. The zero-order valence-electron chi connectivity index (χ0n) is 23.1. The lowest BCUT2D eigenvalue weighted by molar-refractivity contribution is -0.138. The van der Waals surface area contributed by atoms with Gasteiger partial charge in [-0.1, -0.05) is 23.8 Å². The van der Waals surface area contributed by atoms with Crippen LogP contribution in [0.1, 0.15) is 42.1 Å². The van der Waals surface area contributed by atoms with Crippen LogP contribution in [0.2, 0.25) is 0 Å². The van der Waals surface area contributed by atoms with Crippen molar-refractivity contribution in [3.05, 3.63) is 99.7 Å². The molecule has 9 heteroatoms. The van der Waals surface area contributed by atoms with E-state index in [0.717, 1.165) is 16.7 Å². The number of esters is 1. The zero-order chi connectivity index (χ0) is 29.0.